The van der Waals surface area contributed by atoms with Crippen molar-refractivity contribution in [2.45, 2.75) is 33.6 Å². The number of phenolic OH excluding ortho intramolecular Hbond substituents is 1. The third-order valence-corrected chi connectivity index (χ3v) is 4.03. The van der Waals surface area contributed by atoms with E-state index in [0.29, 0.717) is 12.2 Å². The van der Waals surface area contributed by atoms with E-state index in [2.05, 4.69) is 6.92 Å². The highest BCUT2D eigenvalue weighted by molar-refractivity contribution is 5.78. The Morgan fingerprint density at radius 2 is 1.83 bits per heavy atom. The zero-order valence-electron chi connectivity index (χ0n) is 15.0. The molecule has 0 spiro atoms. The first kappa shape index (κ1) is 17.9. The summed E-state index contributed by atoms with van der Waals surface area (Å²) in [4.78, 5) is 13.5. The Hall–Kier alpha value is -2.49. The molecule has 1 N–H and O–H groups in total. The molecule has 2 aromatic rings. The molecule has 24 heavy (non-hydrogen) atoms. The summed E-state index contributed by atoms with van der Waals surface area (Å²) in [6.07, 6.45) is 1.21. The zero-order chi connectivity index (χ0) is 17.9. The first-order chi connectivity index (χ1) is 11.3. The zero-order valence-corrected chi connectivity index (χ0v) is 15.0. The highest BCUT2D eigenvalue weighted by Crippen LogP contribution is 2.32. The smallest absolute Gasteiger partial charge is 0.226 e. The molecule has 0 aliphatic rings. The Morgan fingerprint density at radius 3 is 2.42 bits per heavy atom. The van der Waals surface area contributed by atoms with Gasteiger partial charge in [0.2, 0.25) is 5.91 Å². The van der Waals surface area contributed by atoms with Gasteiger partial charge in [-0.15, -0.1) is 0 Å². The average molecular weight is 327 g/mol. The monoisotopic (exact) mass is 327 g/mol. The first-order valence-corrected chi connectivity index (χ1v) is 8.11. The molecule has 0 bridgehead atoms. The lowest BCUT2D eigenvalue weighted by atomic mass is 10.0. The minimum Gasteiger partial charge on any atom is -0.508 e. The summed E-state index contributed by atoms with van der Waals surface area (Å²) in [6, 6.07) is 9.25. The van der Waals surface area contributed by atoms with Crippen LogP contribution in [0, 0.1) is 13.8 Å². The fraction of sp³-hybridized carbons (Fsp3) is 0.350. The summed E-state index contributed by atoms with van der Waals surface area (Å²) in [5, 5.41) is 9.64. The van der Waals surface area contributed by atoms with E-state index in [0.717, 1.165) is 34.4 Å². The van der Waals surface area contributed by atoms with Crippen molar-refractivity contribution < 1.29 is 14.6 Å². The molecule has 0 aliphatic carbocycles. The van der Waals surface area contributed by atoms with Gasteiger partial charge in [-0.1, -0.05) is 19.1 Å². The molecule has 0 radical (unpaired) electrons. The van der Waals surface area contributed by atoms with Gasteiger partial charge < -0.3 is 14.7 Å². The lowest BCUT2D eigenvalue weighted by Crippen LogP contribution is -2.23. The average Bonchev–Trinajstić information content (AvgIpc) is 2.52. The Morgan fingerprint density at radius 1 is 1.12 bits per heavy atom. The maximum atomic E-state index is 11.9. The van der Waals surface area contributed by atoms with Crippen molar-refractivity contribution in [1.29, 1.82) is 0 Å². The molecule has 0 aliphatic heterocycles. The SMILES string of the molecule is CCc1cc(CC(=O)N(C)C)cc(C)c1Oc1ccc(O)c(C)c1. The van der Waals surface area contributed by atoms with Gasteiger partial charge in [0.1, 0.15) is 17.2 Å². The molecule has 0 unspecified atom stereocenters. The number of aromatic hydroxyl groups is 1. The summed E-state index contributed by atoms with van der Waals surface area (Å²) >= 11 is 0. The van der Waals surface area contributed by atoms with E-state index in [4.69, 9.17) is 4.74 Å². The van der Waals surface area contributed by atoms with Crippen LogP contribution >= 0.6 is 0 Å². The Labute approximate surface area is 143 Å². The van der Waals surface area contributed by atoms with Crippen molar-refractivity contribution in [2.24, 2.45) is 0 Å². The molecule has 0 saturated heterocycles. The topological polar surface area (TPSA) is 49.8 Å². The quantitative estimate of drug-likeness (QED) is 0.903. The van der Waals surface area contributed by atoms with Crippen molar-refractivity contribution >= 4 is 5.91 Å². The first-order valence-electron chi connectivity index (χ1n) is 8.11. The number of carbonyl (C=O) groups excluding carboxylic acids is 1. The molecule has 4 heteroatoms. The second kappa shape index (κ2) is 7.39. The predicted octanol–water partition coefficient (Wildman–Crippen LogP) is 3.99. The van der Waals surface area contributed by atoms with Crippen LogP contribution in [0.1, 0.15) is 29.2 Å². The number of rotatable bonds is 5. The number of hydrogen-bond donors (Lipinski definition) is 1. The van der Waals surface area contributed by atoms with Crippen LogP contribution in [0.3, 0.4) is 0 Å². The van der Waals surface area contributed by atoms with Gasteiger partial charge in [-0.25, -0.2) is 0 Å². The Kier molecular flexibility index (Phi) is 5.50. The molecule has 0 fully saturated rings. The molecule has 0 aromatic heterocycles. The van der Waals surface area contributed by atoms with Gasteiger partial charge in [0, 0.05) is 14.1 Å². The minimum atomic E-state index is 0.0827. The highest BCUT2D eigenvalue weighted by atomic mass is 16.5. The molecular formula is C20H25NO3. The molecule has 0 atom stereocenters. The standard InChI is InChI=1S/C20H25NO3/c1-6-16-11-15(12-19(23)21(4)5)9-14(3)20(16)24-17-7-8-18(22)13(2)10-17/h7-11,22H,6,12H2,1-5H3. The summed E-state index contributed by atoms with van der Waals surface area (Å²) in [5.41, 5.74) is 3.85. The number of likely N-dealkylation sites (N-methyl/N-ethyl adjacent to an activating group) is 1. The number of phenols is 1. The van der Waals surface area contributed by atoms with Crippen LogP contribution in [0.25, 0.3) is 0 Å². The van der Waals surface area contributed by atoms with Gasteiger partial charge in [0.25, 0.3) is 0 Å². The largest absolute Gasteiger partial charge is 0.508 e. The van der Waals surface area contributed by atoms with E-state index in [1.54, 1.807) is 31.1 Å². The molecular weight excluding hydrogens is 302 g/mol. The number of hydrogen-bond acceptors (Lipinski definition) is 3. The summed E-state index contributed by atoms with van der Waals surface area (Å²) in [5.74, 6) is 1.86. The van der Waals surface area contributed by atoms with Crippen LogP contribution in [-0.4, -0.2) is 30.0 Å². The molecule has 0 saturated carbocycles. The van der Waals surface area contributed by atoms with Crippen molar-refractivity contribution in [3.05, 3.63) is 52.6 Å². The van der Waals surface area contributed by atoms with Crippen molar-refractivity contribution in [3.8, 4) is 17.2 Å². The summed E-state index contributed by atoms with van der Waals surface area (Å²) < 4.78 is 6.07. The third kappa shape index (κ3) is 4.07. The number of amides is 1. The fourth-order valence-electron chi connectivity index (χ4n) is 2.58. The van der Waals surface area contributed by atoms with E-state index in [9.17, 15) is 9.90 Å². The van der Waals surface area contributed by atoms with Crippen LogP contribution in [0.4, 0.5) is 0 Å². The maximum absolute atomic E-state index is 11.9. The van der Waals surface area contributed by atoms with Gasteiger partial charge in [0.05, 0.1) is 6.42 Å². The normalized spacial score (nSPS) is 10.5. The maximum Gasteiger partial charge on any atom is 0.226 e. The lowest BCUT2D eigenvalue weighted by molar-refractivity contribution is -0.127. The van der Waals surface area contributed by atoms with Gasteiger partial charge in [-0.3, -0.25) is 4.79 Å². The van der Waals surface area contributed by atoms with Gasteiger partial charge >= 0.3 is 0 Å². The van der Waals surface area contributed by atoms with E-state index >= 15 is 0 Å². The van der Waals surface area contributed by atoms with Gasteiger partial charge in [-0.2, -0.15) is 0 Å². The summed E-state index contributed by atoms with van der Waals surface area (Å²) in [6.45, 7) is 5.90. The molecule has 2 aromatic carbocycles. The highest BCUT2D eigenvalue weighted by Gasteiger charge is 2.13. The van der Waals surface area contributed by atoms with Gasteiger partial charge in [0.15, 0.2) is 0 Å². The third-order valence-electron chi connectivity index (χ3n) is 4.03. The Bertz CT molecular complexity index is 751. The number of benzene rings is 2. The Balaban J connectivity index is 2.32. The van der Waals surface area contributed by atoms with Crippen LogP contribution in [0.2, 0.25) is 0 Å². The summed E-state index contributed by atoms with van der Waals surface area (Å²) in [7, 11) is 3.53. The molecule has 2 rings (SSSR count). The second-order valence-corrected chi connectivity index (χ2v) is 6.27. The molecule has 1 amide bonds. The predicted molar refractivity (Wildman–Crippen MR) is 95.9 cm³/mol. The van der Waals surface area contributed by atoms with Crippen LogP contribution in [-0.2, 0) is 17.6 Å². The number of ether oxygens (including phenoxy) is 1. The van der Waals surface area contributed by atoms with Gasteiger partial charge in [-0.05, 0) is 60.7 Å². The number of nitrogens with zero attached hydrogens (tertiary/aromatic N) is 1. The number of carbonyl (C=O) groups is 1. The van der Waals surface area contributed by atoms with Crippen LogP contribution in [0.5, 0.6) is 17.2 Å². The molecule has 128 valence electrons. The van der Waals surface area contributed by atoms with Crippen molar-refractivity contribution in [1.82, 2.24) is 4.90 Å². The van der Waals surface area contributed by atoms with Crippen molar-refractivity contribution in [3.63, 3.8) is 0 Å². The lowest BCUT2D eigenvalue weighted by Gasteiger charge is -2.17. The number of aryl methyl sites for hydroxylation is 3. The minimum absolute atomic E-state index is 0.0827. The van der Waals surface area contributed by atoms with Crippen molar-refractivity contribution in [2.75, 3.05) is 14.1 Å². The molecule has 0 heterocycles. The van der Waals surface area contributed by atoms with E-state index in [1.165, 1.54) is 0 Å². The fourth-order valence-corrected chi connectivity index (χ4v) is 2.58. The van der Waals surface area contributed by atoms with E-state index in [1.807, 2.05) is 32.0 Å². The van der Waals surface area contributed by atoms with E-state index in [-0.39, 0.29) is 11.7 Å². The van der Waals surface area contributed by atoms with Crippen LogP contribution < -0.4 is 4.74 Å². The van der Waals surface area contributed by atoms with Crippen LogP contribution in [0.15, 0.2) is 30.3 Å². The second-order valence-electron chi connectivity index (χ2n) is 6.27. The molecule has 4 nitrogen and oxygen atoms in total. The van der Waals surface area contributed by atoms with E-state index < -0.39 is 0 Å².